The van der Waals surface area contributed by atoms with E-state index in [9.17, 15) is 9.59 Å². The number of piperidine rings is 1. The number of carbonyl (C=O) groups is 2. The molecule has 0 bridgehead atoms. The molecular formula is C26H34N2O2. The number of nitrogens with one attached hydrogen (secondary N) is 1. The van der Waals surface area contributed by atoms with E-state index in [2.05, 4.69) is 48.3 Å². The van der Waals surface area contributed by atoms with Crippen LogP contribution < -0.4 is 5.32 Å². The molecule has 1 N–H and O–H groups in total. The number of nitrogens with zero attached hydrogens (tertiary/aromatic N) is 1. The lowest BCUT2D eigenvalue weighted by molar-refractivity contribution is -0.126. The van der Waals surface area contributed by atoms with Gasteiger partial charge in [0.15, 0.2) is 5.78 Å². The summed E-state index contributed by atoms with van der Waals surface area (Å²) < 4.78 is 0. The number of hydrogen-bond donors (Lipinski definition) is 1. The smallest absolute Gasteiger partial charge is 0.227 e. The summed E-state index contributed by atoms with van der Waals surface area (Å²) in [5.74, 6) is -0.292. The molecule has 4 nitrogen and oxygen atoms in total. The minimum Gasteiger partial charge on any atom is -0.348 e. The first kappa shape index (κ1) is 22.2. The van der Waals surface area contributed by atoms with E-state index in [1.165, 1.54) is 16.7 Å². The standard InChI is InChI=1S/C26H34N2O2/c1-19-9-11-22(12-10-19)21(3)25(30)27-17-23(29)18-28-15-13-26(4,14-16-28)24-8-6-5-7-20(24)2/h5-12,21H,13-18H2,1-4H3,(H,27,30). The molecule has 1 amide bonds. The van der Waals surface area contributed by atoms with Gasteiger partial charge in [-0.3, -0.25) is 14.5 Å². The topological polar surface area (TPSA) is 49.4 Å². The number of benzene rings is 2. The minimum absolute atomic E-state index is 0.0685. The van der Waals surface area contributed by atoms with Crippen molar-refractivity contribution in [1.82, 2.24) is 10.2 Å². The highest BCUT2D eigenvalue weighted by molar-refractivity contribution is 5.89. The van der Waals surface area contributed by atoms with Crippen LogP contribution >= 0.6 is 0 Å². The maximum Gasteiger partial charge on any atom is 0.227 e. The molecule has 0 saturated carbocycles. The van der Waals surface area contributed by atoms with Crippen molar-refractivity contribution in [2.45, 2.75) is 51.9 Å². The zero-order valence-electron chi connectivity index (χ0n) is 18.7. The molecule has 2 aromatic carbocycles. The van der Waals surface area contributed by atoms with Gasteiger partial charge in [0.2, 0.25) is 5.91 Å². The van der Waals surface area contributed by atoms with Gasteiger partial charge in [-0.2, -0.15) is 0 Å². The number of aryl methyl sites for hydroxylation is 2. The molecule has 0 aromatic heterocycles. The van der Waals surface area contributed by atoms with Gasteiger partial charge in [-0.1, -0.05) is 61.0 Å². The summed E-state index contributed by atoms with van der Waals surface area (Å²) in [4.78, 5) is 27.1. The van der Waals surface area contributed by atoms with E-state index >= 15 is 0 Å². The van der Waals surface area contributed by atoms with Crippen LogP contribution in [-0.2, 0) is 15.0 Å². The second-order valence-corrected chi connectivity index (χ2v) is 9.04. The third kappa shape index (κ3) is 5.37. The lowest BCUT2D eigenvalue weighted by Gasteiger charge is -2.40. The van der Waals surface area contributed by atoms with Crippen LogP contribution in [-0.4, -0.2) is 42.8 Å². The fraction of sp³-hybridized carbons (Fsp3) is 0.462. The van der Waals surface area contributed by atoms with Crippen molar-refractivity contribution in [1.29, 1.82) is 0 Å². The Labute approximate surface area is 180 Å². The number of carbonyl (C=O) groups excluding carboxylic acids is 2. The molecule has 0 aliphatic carbocycles. The molecule has 4 heteroatoms. The molecule has 1 aliphatic heterocycles. The van der Waals surface area contributed by atoms with Crippen LogP contribution in [0.15, 0.2) is 48.5 Å². The molecule has 0 spiro atoms. The van der Waals surface area contributed by atoms with E-state index in [4.69, 9.17) is 0 Å². The summed E-state index contributed by atoms with van der Waals surface area (Å²) in [5.41, 5.74) is 5.07. The van der Waals surface area contributed by atoms with Crippen LogP contribution in [0.2, 0.25) is 0 Å². The highest BCUT2D eigenvalue weighted by Gasteiger charge is 2.33. The Balaban J connectivity index is 1.45. The van der Waals surface area contributed by atoms with Crippen LogP contribution in [0.1, 0.15) is 54.9 Å². The molecule has 1 fully saturated rings. The van der Waals surface area contributed by atoms with E-state index < -0.39 is 0 Å². The fourth-order valence-corrected chi connectivity index (χ4v) is 4.37. The number of Topliss-reactive ketones (excluding diaryl/α,β-unsaturated/α-hetero) is 1. The van der Waals surface area contributed by atoms with Crippen molar-refractivity contribution in [3.05, 3.63) is 70.8 Å². The van der Waals surface area contributed by atoms with E-state index in [0.29, 0.717) is 6.54 Å². The Bertz CT molecular complexity index is 880. The summed E-state index contributed by atoms with van der Waals surface area (Å²) in [5, 5.41) is 2.82. The number of ketones is 1. The van der Waals surface area contributed by atoms with Crippen molar-refractivity contribution >= 4 is 11.7 Å². The van der Waals surface area contributed by atoms with Crippen molar-refractivity contribution in [3.63, 3.8) is 0 Å². The van der Waals surface area contributed by atoms with Crippen molar-refractivity contribution in [3.8, 4) is 0 Å². The Morgan fingerprint density at radius 1 is 1.03 bits per heavy atom. The number of hydrogen-bond acceptors (Lipinski definition) is 3. The number of rotatable bonds is 7. The van der Waals surface area contributed by atoms with Gasteiger partial charge < -0.3 is 5.32 Å². The second-order valence-electron chi connectivity index (χ2n) is 9.04. The van der Waals surface area contributed by atoms with Gasteiger partial charge in [0.25, 0.3) is 0 Å². The molecule has 3 rings (SSSR count). The van der Waals surface area contributed by atoms with Gasteiger partial charge in [-0.15, -0.1) is 0 Å². The first-order chi connectivity index (χ1) is 14.3. The summed E-state index contributed by atoms with van der Waals surface area (Å²) >= 11 is 0. The van der Waals surface area contributed by atoms with Gasteiger partial charge in [0.05, 0.1) is 19.0 Å². The highest BCUT2D eigenvalue weighted by Crippen LogP contribution is 2.36. The first-order valence-electron chi connectivity index (χ1n) is 10.9. The Hall–Kier alpha value is -2.46. The SMILES string of the molecule is Cc1ccc(C(C)C(=O)NCC(=O)CN2CCC(C)(c3ccccc3C)CC2)cc1. The normalized spacial score (nSPS) is 17.3. The summed E-state index contributed by atoms with van der Waals surface area (Å²) in [7, 11) is 0. The largest absolute Gasteiger partial charge is 0.348 e. The van der Waals surface area contributed by atoms with Gasteiger partial charge in [-0.25, -0.2) is 0 Å². The Morgan fingerprint density at radius 2 is 1.67 bits per heavy atom. The van der Waals surface area contributed by atoms with Crippen LogP contribution in [0.25, 0.3) is 0 Å². The van der Waals surface area contributed by atoms with Gasteiger partial charge in [0.1, 0.15) is 0 Å². The van der Waals surface area contributed by atoms with E-state index in [0.717, 1.165) is 31.5 Å². The van der Waals surface area contributed by atoms with Crippen LogP contribution in [0.5, 0.6) is 0 Å². The molecule has 1 heterocycles. The second kappa shape index (κ2) is 9.57. The summed E-state index contributed by atoms with van der Waals surface area (Å²) in [6.07, 6.45) is 2.09. The molecule has 1 aliphatic rings. The maximum absolute atomic E-state index is 12.4. The van der Waals surface area contributed by atoms with Gasteiger partial charge in [-0.05, 0) is 68.8 Å². The van der Waals surface area contributed by atoms with Crippen molar-refractivity contribution < 1.29 is 9.59 Å². The summed E-state index contributed by atoms with van der Waals surface area (Å²) in [6.45, 7) is 10.7. The predicted molar refractivity (Wildman–Crippen MR) is 122 cm³/mol. The average Bonchev–Trinajstić information content (AvgIpc) is 2.74. The Kier molecular flexibility index (Phi) is 7.09. The molecule has 1 saturated heterocycles. The predicted octanol–water partition coefficient (Wildman–Crippen LogP) is 4.15. The molecule has 1 unspecified atom stereocenters. The lowest BCUT2D eigenvalue weighted by atomic mass is 9.73. The van der Waals surface area contributed by atoms with Crippen molar-refractivity contribution in [2.24, 2.45) is 0 Å². The first-order valence-corrected chi connectivity index (χ1v) is 10.9. The molecule has 1 atom stereocenters. The molecule has 30 heavy (non-hydrogen) atoms. The quantitative estimate of drug-likeness (QED) is 0.752. The van der Waals surface area contributed by atoms with Crippen LogP contribution in [0.3, 0.4) is 0 Å². The number of amides is 1. The lowest BCUT2D eigenvalue weighted by Crippen LogP contribution is -2.45. The zero-order chi connectivity index (χ0) is 21.7. The molecule has 2 aromatic rings. The Morgan fingerprint density at radius 3 is 2.30 bits per heavy atom. The number of likely N-dealkylation sites (tertiary alicyclic amines) is 1. The van der Waals surface area contributed by atoms with E-state index in [-0.39, 0.29) is 29.6 Å². The molecular weight excluding hydrogens is 372 g/mol. The molecule has 0 radical (unpaired) electrons. The molecule has 160 valence electrons. The van der Waals surface area contributed by atoms with Crippen LogP contribution in [0.4, 0.5) is 0 Å². The summed E-state index contributed by atoms with van der Waals surface area (Å²) in [6, 6.07) is 16.6. The zero-order valence-corrected chi connectivity index (χ0v) is 18.7. The van der Waals surface area contributed by atoms with E-state index in [1.807, 2.05) is 38.1 Å². The fourth-order valence-electron chi connectivity index (χ4n) is 4.37. The minimum atomic E-state index is -0.261. The average molecular weight is 407 g/mol. The highest BCUT2D eigenvalue weighted by atomic mass is 16.2. The monoisotopic (exact) mass is 406 g/mol. The van der Waals surface area contributed by atoms with Crippen LogP contribution in [0, 0.1) is 13.8 Å². The third-order valence-electron chi connectivity index (χ3n) is 6.59. The van der Waals surface area contributed by atoms with Gasteiger partial charge >= 0.3 is 0 Å². The van der Waals surface area contributed by atoms with E-state index in [1.54, 1.807) is 0 Å². The van der Waals surface area contributed by atoms with Gasteiger partial charge in [0, 0.05) is 0 Å². The maximum atomic E-state index is 12.4. The van der Waals surface area contributed by atoms with Crippen molar-refractivity contribution in [2.75, 3.05) is 26.2 Å². The third-order valence-corrected chi connectivity index (χ3v) is 6.59.